The lowest BCUT2D eigenvalue weighted by Crippen LogP contribution is -2.18. The Balaban J connectivity index is 1.41. The maximum Gasteiger partial charge on any atom is 0.301 e. The lowest BCUT2D eigenvalue weighted by atomic mass is 10.3. The summed E-state index contributed by atoms with van der Waals surface area (Å²) >= 11 is 0. The van der Waals surface area contributed by atoms with Crippen LogP contribution in [0.15, 0.2) is 10.6 Å². The van der Waals surface area contributed by atoms with Crippen molar-refractivity contribution in [2.45, 2.75) is 18.8 Å². The van der Waals surface area contributed by atoms with Crippen LogP contribution in [0.3, 0.4) is 0 Å². The highest BCUT2D eigenvalue weighted by molar-refractivity contribution is 5.93. The number of amides is 1. The Hall–Kier alpha value is -1.36. The van der Waals surface area contributed by atoms with E-state index in [1.54, 1.807) is 6.20 Å². The van der Waals surface area contributed by atoms with E-state index in [2.05, 4.69) is 10.3 Å². The molecule has 90 valence electrons. The molecule has 5 nitrogen and oxygen atoms in total. The van der Waals surface area contributed by atoms with Gasteiger partial charge in [0.25, 0.3) is 0 Å². The fourth-order valence-electron chi connectivity index (χ4n) is 2.72. The molecule has 2 aliphatic carbocycles. The van der Waals surface area contributed by atoms with Crippen molar-refractivity contribution >= 4 is 11.9 Å². The molecule has 1 aliphatic heterocycles. The number of fused-ring (bicyclic) bond motifs is 1. The standard InChI is InChI=1S/C12H14N2O3/c15-11(10-7-4-16-5-8(7)10)14-12-13-3-9(17-12)6-1-2-6/h3,6-8,10H,1-2,4-5H2,(H,13,14,15)/t7-,8+,10?. The van der Waals surface area contributed by atoms with Crippen molar-refractivity contribution in [2.75, 3.05) is 18.5 Å². The summed E-state index contributed by atoms with van der Waals surface area (Å²) < 4.78 is 10.8. The molecule has 1 amide bonds. The predicted octanol–water partition coefficient (Wildman–Crippen LogP) is 1.38. The van der Waals surface area contributed by atoms with Crippen LogP contribution in [0.4, 0.5) is 6.01 Å². The Bertz CT molecular complexity index is 456. The molecule has 0 radical (unpaired) electrons. The van der Waals surface area contributed by atoms with Gasteiger partial charge in [-0.1, -0.05) is 0 Å². The van der Waals surface area contributed by atoms with Gasteiger partial charge in [0.05, 0.1) is 19.4 Å². The highest BCUT2D eigenvalue weighted by Crippen LogP contribution is 2.51. The molecule has 1 saturated heterocycles. The first kappa shape index (κ1) is 9.65. The van der Waals surface area contributed by atoms with Gasteiger partial charge in [0.1, 0.15) is 5.76 Å². The van der Waals surface area contributed by atoms with Crippen LogP contribution in [-0.2, 0) is 9.53 Å². The second-order valence-corrected chi connectivity index (χ2v) is 5.22. The third-order valence-electron chi connectivity index (χ3n) is 3.99. The molecule has 3 fully saturated rings. The summed E-state index contributed by atoms with van der Waals surface area (Å²) in [7, 11) is 0. The zero-order valence-electron chi connectivity index (χ0n) is 9.39. The molecule has 5 heteroatoms. The van der Waals surface area contributed by atoms with E-state index in [1.165, 1.54) is 12.8 Å². The molecule has 2 saturated carbocycles. The molecule has 1 aromatic heterocycles. The normalized spacial score (nSPS) is 34.5. The summed E-state index contributed by atoms with van der Waals surface area (Å²) in [5.41, 5.74) is 0. The minimum absolute atomic E-state index is 0.0347. The molecule has 0 bridgehead atoms. The largest absolute Gasteiger partial charge is 0.428 e. The van der Waals surface area contributed by atoms with Gasteiger partial charge in [-0.15, -0.1) is 0 Å². The summed E-state index contributed by atoms with van der Waals surface area (Å²) in [5, 5.41) is 2.76. The van der Waals surface area contributed by atoms with Crippen molar-refractivity contribution < 1.29 is 13.9 Å². The van der Waals surface area contributed by atoms with E-state index in [0.29, 0.717) is 23.8 Å². The Labute approximate surface area is 98.5 Å². The fraction of sp³-hybridized carbons (Fsp3) is 0.667. The van der Waals surface area contributed by atoms with Crippen molar-refractivity contribution in [1.82, 2.24) is 4.98 Å². The number of nitrogens with one attached hydrogen (secondary N) is 1. The van der Waals surface area contributed by atoms with E-state index >= 15 is 0 Å². The van der Waals surface area contributed by atoms with Crippen LogP contribution in [0.25, 0.3) is 0 Å². The van der Waals surface area contributed by atoms with Crippen LogP contribution >= 0.6 is 0 Å². The molecule has 1 N–H and O–H groups in total. The number of hydrogen-bond donors (Lipinski definition) is 1. The molecule has 17 heavy (non-hydrogen) atoms. The van der Waals surface area contributed by atoms with Crippen molar-refractivity contribution in [3.63, 3.8) is 0 Å². The van der Waals surface area contributed by atoms with Crippen LogP contribution < -0.4 is 5.32 Å². The summed E-state index contributed by atoms with van der Waals surface area (Å²) in [6.45, 7) is 1.45. The average Bonchev–Trinajstić information content (AvgIpc) is 3.20. The number of aromatic nitrogens is 1. The SMILES string of the molecule is O=C(Nc1ncc(C2CC2)o1)C1[C@H]2COC[C@@H]12. The van der Waals surface area contributed by atoms with E-state index in [9.17, 15) is 4.79 Å². The summed E-state index contributed by atoms with van der Waals surface area (Å²) in [4.78, 5) is 16.0. The number of ether oxygens (including phenoxy) is 1. The van der Waals surface area contributed by atoms with Gasteiger partial charge in [0, 0.05) is 11.8 Å². The molecule has 4 rings (SSSR count). The maximum absolute atomic E-state index is 11.9. The van der Waals surface area contributed by atoms with E-state index < -0.39 is 0 Å². The van der Waals surface area contributed by atoms with E-state index in [0.717, 1.165) is 19.0 Å². The number of carbonyl (C=O) groups excluding carboxylic acids is 1. The average molecular weight is 234 g/mol. The van der Waals surface area contributed by atoms with Crippen LogP contribution in [0, 0.1) is 17.8 Å². The first-order valence-corrected chi connectivity index (χ1v) is 6.17. The van der Waals surface area contributed by atoms with Gasteiger partial charge >= 0.3 is 6.01 Å². The number of rotatable bonds is 3. The van der Waals surface area contributed by atoms with E-state index in [1.807, 2.05) is 0 Å². The zero-order chi connectivity index (χ0) is 11.4. The molecule has 3 aliphatic rings. The number of anilines is 1. The molecule has 0 aromatic carbocycles. The van der Waals surface area contributed by atoms with Crippen molar-refractivity contribution in [3.05, 3.63) is 12.0 Å². The van der Waals surface area contributed by atoms with Crippen molar-refractivity contribution in [2.24, 2.45) is 17.8 Å². The highest BCUT2D eigenvalue weighted by atomic mass is 16.5. The summed E-state index contributed by atoms with van der Waals surface area (Å²) in [6, 6.07) is 0.350. The smallest absolute Gasteiger partial charge is 0.301 e. The lowest BCUT2D eigenvalue weighted by Gasteiger charge is -2.03. The van der Waals surface area contributed by atoms with Gasteiger partial charge in [-0.05, 0) is 24.7 Å². The van der Waals surface area contributed by atoms with Gasteiger partial charge in [-0.3, -0.25) is 10.1 Å². The number of hydrogen-bond acceptors (Lipinski definition) is 4. The Morgan fingerprint density at radius 1 is 1.35 bits per heavy atom. The van der Waals surface area contributed by atoms with Gasteiger partial charge in [0.15, 0.2) is 0 Å². The number of nitrogens with zero attached hydrogens (tertiary/aromatic N) is 1. The second kappa shape index (κ2) is 3.32. The fourth-order valence-corrected chi connectivity index (χ4v) is 2.72. The van der Waals surface area contributed by atoms with Crippen LogP contribution in [0.5, 0.6) is 0 Å². The van der Waals surface area contributed by atoms with Crippen LogP contribution in [0.1, 0.15) is 24.5 Å². The van der Waals surface area contributed by atoms with Gasteiger partial charge in [-0.25, -0.2) is 4.98 Å². The van der Waals surface area contributed by atoms with Gasteiger partial charge < -0.3 is 9.15 Å². The molecule has 3 atom stereocenters. The van der Waals surface area contributed by atoms with E-state index in [4.69, 9.17) is 9.15 Å². The molecular weight excluding hydrogens is 220 g/mol. The molecule has 1 unspecified atom stereocenters. The Morgan fingerprint density at radius 3 is 2.82 bits per heavy atom. The van der Waals surface area contributed by atoms with Crippen molar-refractivity contribution in [1.29, 1.82) is 0 Å². The molecule has 1 aromatic rings. The summed E-state index contributed by atoms with van der Waals surface area (Å²) in [6.07, 6.45) is 4.07. The Kier molecular flexibility index (Phi) is 1.88. The van der Waals surface area contributed by atoms with Crippen LogP contribution in [0.2, 0.25) is 0 Å². The third kappa shape index (κ3) is 1.57. The van der Waals surface area contributed by atoms with Gasteiger partial charge in [0.2, 0.25) is 5.91 Å². The second-order valence-electron chi connectivity index (χ2n) is 5.22. The predicted molar refractivity (Wildman–Crippen MR) is 58.4 cm³/mol. The minimum Gasteiger partial charge on any atom is -0.428 e. The monoisotopic (exact) mass is 234 g/mol. The van der Waals surface area contributed by atoms with E-state index in [-0.39, 0.29) is 11.8 Å². The zero-order valence-corrected chi connectivity index (χ0v) is 9.39. The van der Waals surface area contributed by atoms with Crippen LogP contribution in [-0.4, -0.2) is 24.1 Å². The molecule has 2 heterocycles. The summed E-state index contributed by atoms with van der Waals surface area (Å²) in [5.74, 6) is 2.43. The third-order valence-corrected chi connectivity index (χ3v) is 3.99. The van der Waals surface area contributed by atoms with Gasteiger partial charge in [-0.2, -0.15) is 0 Å². The first-order chi connectivity index (χ1) is 8.33. The number of carbonyl (C=O) groups is 1. The topological polar surface area (TPSA) is 64.4 Å². The molecular formula is C12H14N2O3. The number of oxazole rings is 1. The maximum atomic E-state index is 11.9. The molecule has 0 spiro atoms. The first-order valence-electron chi connectivity index (χ1n) is 6.17. The highest BCUT2D eigenvalue weighted by Gasteiger charge is 2.58. The quantitative estimate of drug-likeness (QED) is 0.858. The lowest BCUT2D eigenvalue weighted by molar-refractivity contribution is -0.118. The Morgan fingerprint density at radius 2 is 2.12 bits per heavy atom. The van der Waals surface area contributed by atoms with Crippen molar-refractivity contribution in [3.8, 4) is 0 Å². The minimum atomic E-state index is 0.0347.